The van der Waals surface area contributed by atoms with Crippen LogP contribution in [0.25, 0.3) is 22.8 Å². The van der Waals surface area contributed by atoms with Crippen LogP contribution in [0.1, 0.15) is 12.8 Å². The van der Waals surface area contributed by atoms with Gasteiger partial charge in [-0.15, -0.1) is 0 Å². The molecule has 24 heavy (non-hydrogen) atoms. The highest BCUT2D eigenvalue weighted by Gasteiger charge is 2.18. The fraction of sp³-hybridized carbons (Fsp3) is 0.294. The summed E-state index contributed by atoms with van der Waals surface area (Å²) in [7, 11) is 0. The highest BCUT2D eigenvalue weighted by atomic mass is 16.5. The molecular formula is C17H18N6O. The standard InChI is InChI=1S/C17H18N6O/c18-14-4-8-23(9-5-14)15-10-12(3-7-20-15)17-21-16(22-24-17)13-2-1-6-19-11-13/h1-3,6-7,10-11,14H,4-5,8-9,18H2. The van der Waals surface area contributed by atoms with Crippen molar-refractivity contribution in [2.45, 2.75) is 18.9 Å². The quantitative estimate of drug-likeness (QED) is 0.789. The lowest BCUT2D eigenvalue weighted by molar-refractivity contribution is 0.432. The summed E-state index contributed by atoms with van der Waals surface area (Å²) in [6, 6.07) is 7.90. The summed E-state index contributed by atoms with van der Waals surface area (Å²) in [6.45, 7) is 1.84. The van der Waals surface area contributed by atoms with Crippen LogP contribution in [-0.2, 0) is 0 Å². The molecule has 3 aromatic heterocycles. The van der Waals surface area contributed by atoms with Crippen LogP contribution in [0, 0.1) is 0 Å². The fourth-order valence-electron chi connectivity index (χ4n) is 2.81. The number of pyridine rings is 2. The third-order valence-electron chi connectivity index (χ3n) is 4.20. The van der Waals surface area contributed by atoms with Crippen LogP contribution < -0.4 is 10.6 Å². The van der Waals surface area contributed by atoms with Gasteiger partial charge in [-0.2, -0.15) is 4.98 Å². The predicted molar refractivity (Wildman–Crippen MR) is 90.2 cm³/mol. The Kier molecular flexibility index (Phi) is 3.92. The van der Waals surface area contributed by atoms with Gasteiger partial charge >= 0.3 is 0 Å². The summed E-state index contributed by atoms with van der Waals surface area (Å²) in [4.78, 5) is 15.2. The van der Waals surface area contributed by atoms with E-state index in [0.717, 1.165) is 42.9 Å². The van der Waals surface area contributed by atoms with Gasteiger partial charge in [0.1, 0.15) is 5.82 Å². The van der Waals surface area contributed by atoms with E-state index in [1.165, 1.54) is 0 Å². The molecule has 0 saturated carbocycles. The minimum absolute atomic E-state index is 0.294. The Morgan fingerprint density at radius 2 is 2.00 bits per heavy atom. The van der Waals surface area contributed by atoms with Crippen molar-refractivity contribution in [1.29, 1.82) is 0 Å². The van der Waals surface area contributed by atoms with Crippen molar-refractivity contribution in [1.82, 2.24) is 20.1 Å². The Balaban J connectivity index is 1.59. The highest BCUT2D eigenvalue weighted by Crippen LogP contribution is 2.25. The number of aromatic nitrogens is 4. The molecule has 7 heteroatoms. The molecule has 4 rings (SSSR count). The number of nitrogens with zero attached hydrogens (tertiary/aromatic N) is 5. The maximum atomic E-state index is 5.97. The van der Waals surface area contributed by atoms with Crippen LogP contribution in [0.5, 0.6) is 0 Å². The predicted octanol–water partition coefficient (Wildman–Crippen LogP) is 2.12. The van der Waals surface area contributed by atoms with E-state index in [1.54, 1.807) is 18.6 Å². The second-order valence-corrected chi connectivity index (χ2v) is 5.89. The van der Waals surface area contributed by atoms with E-state index in [-0.39, 0.29) is 0 Å². The molecule has 0 spiro atoms. The summed E-state index contributed by atoms with van der Waals surface area (Å²) in [5, 5.41) is 4.04. The monoisotopic (exact) mass is 322 g/mol. The van der Waals surface area contributed by atoms with Gasteiger partial charge < -0.3 is 15.2 Å². The Morgan fingerprint density at radius 3 is 2.79 bits per heavy atom. The van der Waals surface area contributed by atoms with Crippen LogP contribution in [-0.4, -0.2) is 39.2 Å². The molecule has 0 unspecified atom stereocenters. The zero-order valence-electron chi connectivity index (χ0n) is 13.2. The minimum Gasteiger partial charge on any atom is -0.356 e. The smallest absolute Gasteiger partial charge is 0.258 e. The van der Waals surface area contributed by atoms with Crippen LogP contribution in [0.15, 0.2) is 47.4 Å². The first-order valence-electron chi connectivity index (χ1n) is 8.00. The summed E-state index contributed by atoms with van der Waals surface area (Å²) in [5.74, 6) is 1.92. The molecule has 4 heterocycles. The van der Waals surface area contributed by atoms with Gasteiger partial charge in [-0.05, 0) is 37.1 Å². The zero-order chi connectivity index (χ0) is 16.4. The summed E-state index contributed by atoms with van der Waals surface area (Å²) in [6.07, 6.45) is 7.16. The number of piperidine rings is 1. The Labute approximate surface area is 139 Å². The molecule has 0 aliphatic carbocycles. The highest BCUT2D eigenvalue weighted by molar-refractivity contribution is 5.62. The number of rotatable bonds is 3. The van der Waals surface area contributed by atoms with Gasteiger partial charge in [0.2, 0.25) is 5.82 Å². The van der Waals surface area contributed by atoms with Gasteiger partial charge in [-0.25, -0.2) is 4.98 Å². The van der Waals surface area contributed by atoms with Gasteiger partial charge in [0.15, 0.2) is 0 Å². The lowest BCUT2D eigenvalue weighted by atomic mass is 10.1. The molecule has 0 bridgehead atoms. The van der Waals surface area contributed by atoms with Gasteiger partial charge in [0.25, 0.3) is 5.89 Å². The zero-order valence-corrected chi connectivity index (χ0v) is 13.2. The topological polar surface area (TPSA) is 94.0 Å². The SMILES string of the molecule is NC1CCN(c2cc(-c3nc(-c4cccnc4)no3)ccn2)CC1. The molecule has 2 N–H and O–H groups in total. The van der Waals surface area contributed by atoms with Crippen LogP contribution >= 0.6 is 0 Å². The van der Waals surface area contributed by atoms with E-state index >= 15 is 0 Å². The first kappa shape index (κ1) is 14.8. The van der Waals surface area contributed by atoms with E-state index < -0.39 is 0 Å². The Morgan fingerprint density at radius 1 is 1.12 bits per heavy atom. The molecule has 1 aliphatic heterocycles. The van der Waals surface area contributed by atoms with Crippen molar-refractivity contribution in [2.24, 2.45) is 5.73 Å². The molecule has 0 amide bonds. The van der Waals surface area contributed by atoms with Crippen LogP contribution in [0.3, 0.4) is 0 Å². The van der Waals surface area contributed by atoms with E-state index in [2.05, 4.69) is 25.0 Å². The average molecular weight is 322 g/mol. The maximum Gasteiger partial charge on any atom is 0.258 e. The normalized spacial score (nSPS) is 15.6. The molecule has 1 fully saturated rings. The average Bonchev–Trinajstić information content (AvgIpc) is 3.13. The van der Waals surface area contributed by atoms with Crippen molar-refractivity contribution in [3.05, 3.63) is 42.9 Å². The second kappa shape index (κ2) is 6.37. The van der Waals surface area contributed by atoms with E-state index in [4.69, 9.17) is 10.3 Å². The van der Waals surface area contributed by atoms with Crippen molar-refractivity contribution >= 4 is 5.82 Å². The first-order valence-corrected chi connectivity index (χ1v) is 8.00. The minimum atomic E-state index is 0.294. The third kappa shape index (κ3) is 2.98. The van der Waals surface area contributed by atoms with Crippen molar-refractivity contribution in [2.75, 3.05) is 18.0 Å². The molecule has 122 valence electrons. The summed E-state index contributed by atoms with van der Waals surface area (Å²) >= 11 is 0. The summed E-state index contributed by atoms with van der Waals surface area (Å²) in [5.41, 5.74) is 7.65. The van der Waals surface area contributed by atoms with Crippen LogP contribution in [0.2, 0.25) is 0 Å². The molecule has 0 atom stereocenters. The number of nitrogens with two attached hydrogens (primary N) is 1. The van der Waals surface area contributed by atoms with Gasteiger partial charge in [0, 0.05) is 48.8 Å². The van der Waals surface area contributed by atoms with E-state index in [1.807, 2.05) is 24.3 Å². The molecular weight excluding hydrogens is 304 g/mol. The van der Waals surface area contributed by atoms with Crippen molar-refractivity contribution in [3.8, 4) is 22.8 Å². The Bertz CT molecular complexity index is 811. The molecule has 3 aromatic rings. The summed E-state index contributed by atoms with van der Waals surface area (Å²) < 4.78 is 5.41. The molecule has 1 aliphatic rings. The first-order chi connectivity index (χ1) is 11.8. The largest absolute Gasteiger partial charge is 0.356 e. The van der Waals surface area contributed by atoms with Gasteiger partial charge in [-0.3, -0.25) is 4.98 Å². The van der Waals surface area contributed by atoms with Gasteiger partial charge in [-0.1, -0.05) is 5.16 Å². The fourth-order valence-corrected chi connectivity index (χ4v) is 2.81. The van der Waals surface area contributed by atoms with Crippen molar-refractivity contribution < 1.29 is 4.52 Å². The molecule has 7 nitrogen and oxygen atoms in total. The number of anilines is 1. The Hall–Kier alpha value is -2.80. The molecule has 0 radical (unpaired) electrons. The van der Waals surface area contributed by atoms with E-state index in [0.29, 0.717) is 17.8 Å². The number of hydrogen-bond donors (Lipinski definition) is 1. The maximum absolute atomic E-state index is 5.97. The lowest BCUT2D eigenvalue weighted by Gasteiger charge is -2.31. The lowest BCUT2D eigenvalue weighted by Crippen LogP contribution is -2.40. The van der Waals surface area contributed by atoms with E-state index in [9.17, 15) is 0 Å². The number of hydrogen-bond acceptors (Lipinski definition) is 7. The second-order valence-electron chi connectivity index (χ2n) is 5.89. The van der Waals surface area contributed by atoms with Crippen LogP contribution in [0.4, 0.5) is 5.82 Å². The molecule has 1 saturated heterocycles. The molecule has 0 aromatic carbocycles. The van der Waals surface area contributed by atoms with Gasteiger partial charge in [0.05, 0.1) is 0 Å². The third-order valence-corrected chi connectivity index (χ3v) is 4.20. The van der Waals surface area contributed by atoms with Crippen molar-refractivity contribution in [3.63, 3.8) is 0 Å².